The summed E-state index contributed by atoms with van der Waals surface area (Å²) >= 11 is 0. The van der Waals surface area contributed by atoms with Crippen LogP contribution in [0, 0.1) is 5.92 Å². The Morgan fingerprint density at radius 2 is 2.18 bits per heavy atom. The van der Waals surface area contributed by atoms with Gasteiger partial charge in [-0.15, -0.1) is 0 Å². The molecule has 0 N–H and O–H groups in total. The second-order valence-electron chi connectivity index (χ2n) is 6.15. The van der Waals surface area contributed by atoms with Crippen molar-refractivity contribution in [3.63, 3.8) is 0 Å². The number of aromatic nitrogens is 3. The highest BCUT2D eigenvalue weighted by Crippen LogP contribution is 2.19. The van der Waals surface area contributed by atoms with Gasteiger partial charge in [0.15, 0.2) is 5.82 Å². The van der Waals surface area contributed by atoms with Crippen LogP contribution in [0.15, 0.2) is 29.0 Å². The molecule has 0 bridgehead atoms. The summed E-state index contributed by atoms with van der Waals surface area (Å²) in [6.45, 7) is 6.86. The summed E-state index contributed by atoms with van der Waals surface area (Å²) in [5.74, 6) is 2.91. The van der Waals surface area contributed by atoms with Crippen LogP contribution in [0.1, 0.15) is 32.0 Å². The Morgan fingerprint density at radius 1 is 1.36 bits per heavy atom. The Bertz CT molecular complexity index is 585. The molecule has 3 rings (SSSR count). The summed E-state index contributed by atoms with van der Waals surface area (Å²) < 4.78 is 11.3. The predicted molar refractivity (Wildman–Crippen MR) is 81.4 cm³/mol. The molecule has 1 fully saturated rings. The smallest absolute Gasteiger partial charge is 0.240 e. The van der Waals surface area contributed by atoms with Gasteiger partial charge in [-0.1, -0.05) is 19.0 Å². The van der Waals surface area contributed by atoms with Gasteiger partial charge in [-0.25, -0.2) is 0 Å². The molecule has 0 aromatic carbocycles. The number of nitrogens with zero attached hydrogens (tertiary/aromatic N) is 4. The molecule has 6 nitrogen and oxygen atoms in total. The third-order valence-corrected chi connectivity index (χ3v) is 3.64. The van der Waals surface area contributed by atoms with E-state index in [-0.39, 0.29) is 6.10 Å². The van der Waals surface area contributed by atoms with Crippen LogP contribution in [0.3, 0.4) is 0 Å². The van der Waals surface area contributed by atoms with Crippen LogP contribution in [0.4, 0.5) is 0 Å². The van der Waals surface area contributed by atoms with Crippen molar-refractivity contribution < 1.29 is 9.26 Å². The molecule has 3 heterocycles. The van der Waals surface area contributed by atoms with Gasteiger partial charge in [-0.05, 0) is 24.5 Å². The molecule has 22 heavy (non-hydrogen) atoms. The first-order valence-corrected chi connectivity index (χ1v) is 7.79. The van der Waals surface area contributed by atoms with Gasteiger partial charge in [-0.2, -0.15) is 4.98 Å². The molecule has 1 aliphatic heterocycles. The van der Waals surface area contributed by atoms with Crippen molar-refractivity contribution >= 4 is 0 Å². The molecule has 0 unspecified atom stereocenters. The van der Waals surface area contributed by atoms with Crippen molar-refractivity contribution in [1.29, 1.82) is 0 Å². The van der Waals surface area contributed by atoms with E-state index in [9.17, 15) is 0 Å². The molecule has 6 heteroatoms. The number of ether oxygens (including phenoxy) is 1. The summed E-state index contributed by atoms with van der Waals surface area (Å²) in [7, 11) is 0. The van der Waals surface area contributed by atoms with Gasteiger partial charge < -0.3 is 9.26 Å². The van der Waals surface area contributed by atoms with Gasteiger partial charge in [-0.3, -0.25) is 9.88 Å². The number of pyridine rings is 1. The maximum absolute atomic E-state index is 5.95. The molecule has 1 atom stereocenters. The molecule has 118 valence electrons. The molecule has 0 spiro atoms. The average Bonchev–Trinajstić information content (AvgIpc) is 3.10. The summed E-state index contributed by atoms with van der Waals surface area (Å²) in [5.41, 5.74) is 0. The Balaban J connectivity index is 1.49. The Kier molecular flexibility index (Phi) is 4.68. The van der Waals surface area contributed by atoms with Gasteiger partial charge in [0.2, 0.25) is 5.89 Å². The van der Waals surface area contributed by atoms with E-state index in [4.69, 9.17) is 9.26 Å². The lowest BCUT2D eigenvalue weighted by Crippen LogP contribution is -2.24. The fourth-order valence-electron chi connectivity index (χ4n) is 2.64. The van der Waals surface area contributed by atoms with Crippen molar-refractivity contribution in [3.05, 3.63) is 36.2 Å². The number of likely N-dealkylation sites (tertiary alicyclic amines) is 1. The monoisotopic (exact) mass is 302 g/mol. The highest BCUT2D eigenvalue weighted by molar-refractivity contribution is 5.17. The first-order valence-electron chi connectivity index (χ1n) is 7.79. The third kappa shape index (κ3) is 4.04. The van der Waals surface area contributed by atoms with Gasteiger partial charge in [0, 0.05) is 31.9 Å². The van der Waals surface area contributed by atoms with E-state index >= 15 is 0 Å². The molecule has 0 radical (unpaired) electrons. The molecule has 2 aromatic rings. The van der Waals surface area contributed by atoms with E-state index in [0.717, 1.165) is 37.5 Å². The zero-order valence-electron chi connectivity index (χ0n) is 13.1. The molecule has 0 saturated carbocycles. The standard InChI is InChI=1S/C16H22N4O2/c1-12(2)9-15-18-16(22-19-15)11-20-8-5-14(10-20)21-13-3-6-17-7-4-13/h3-4,6-7,12,14H,5,8-11H2,1-2H3/t14-/m1/s1. The van der Waals surface area contributed by atoms with E-state index in [1.807, 2.05) is 12.1 Å². The zero-order valence-corrected chi connectivity index (χ0v) is 13.1. The first-order chi connectivity index (χ1) is 10.7. The normalized spacial score (nSPS) is 19.0. The first kappa shape index (κ1) is 15.0. The van der Waals surface area contributed by atoms with E-state index in [1.165, 1.54) is 0 Å². The summed E-state index contributed by atoms with van der Waals surface area (Å²) in [6.07, 6.45) is 5.57. The molecule has 2 aromatic heterocycles. The fourth-order valence-corrected chi connectivity index (χ4v) is 2.64. The lowest BCUT2D eigenvalue weighted by Gasteiger charge is -2.15. The van der Waals surface area contributed by atoms with Crippen LogP contribution in [0.2, 0.25) is 0 Å². The van der Waals surface area contributed by atoms with Crippen molar-refractivity contribution in [2.24, 2.45) is 5.92 Å². The fraction of sp³-hybridized carbons (Fsp3) is 0.562. The largest absolute Gasteiger partial charge is 0.489 e. The molecular formula is C16H22N4O2. The van der Waals surface area contributed by atoms with Crippen molar-refractivity contribution in [2.45, 2.75) is 39.3 Å². The minimum atomic E-state index is 0.209. The second kappa shape index (κ2) is 6.87. The Labute approximate surface area is 130 Å². The minimum absolute atomic E-state index is 0.209. The van der Waals surface area contributed by atoms with Gasteiger partial charge >= 0.3 is 0 Å². The predicted octanol–water partition coefficient (Wildman–Crippen LogP) is 2.32. The minimum Gasteiger partial charge on any atom is -0.489 e. The third-order valence-electron chi connectivity index (χ3n) is 3.64. The molecule has 1 aliphatic rings. The lowest BCUT2D eigenvalue weighted by molar-refractivity contribution is 0.190. The van der Waals surface area contributed by atoms with Crippen LogP contribution in [0.5, 0.6) is 5.75 Å². The van der Waals surface area contributed by atoms with Gasteiger partial charge in [0.25, 0.3) is 0 Å². The van der Waals surface area contributed by atoms with E-state index in [2.05, 4.69) is 33.9 Å². The van der Waals surface area contributed by atoms with Gasteiger partial charge in [0.1, 0.15) is 11.9 Å². The average molecular weight is 302 g/mol. The van der Waals surface area contributed by atoms with Crippen LogP contribution in [-0.2, 0) is 13.0 Å². The Hall–Kier alpha value is -1.95. The Morgan fingerprint density at radius 3 is 2.95 bits per heavy atom. The van der Waals surface area contributed by atoms with Crippen molar-refractivity contribution in [3.8, 4) is 5.75 Å². The molecule has 1 saturated heterocycles. The van der Waals surface area contributed by atoms with Crippen LogP contribution in [0.25, 0.3) is 0 Å². The maximum atomic E-state index is 5.95. The zero-order chi connectivity index (χ0) is 15.4. The summed E-state index contributed by atoms with van der Waals surface area (Å²) in [6, 6.07) is 3.78. The maximum Gasteiger partial charge on any atom is 0.240 e. The van der Waals surface area contributed by atoms with E-state index in [0.29, 0.717) is 18.4 Å². The van der Waals surface area contributed by atoms with E-state index in [1.54, 1.807) is 12.4 Å². The summed E-state index contributed by atoms with van der Waals surface area (Å²) in [4.78, 5) is 10.7. The molecule has 0 amide bonds. The van der Waals surface area contributed by atoms with Crippen LogP contribution < -0.4 is 4.74 Å². The number of rotatable bonds is 6. The van der Waals surface area contributed by atoms with Crippen LogP contribution >= 0.6 is 0 Å². The topological polar surface area (TPSA) is 64.3 Å². The summed E-state index contributed by atoms with van der Waals surface area (Å²) in [5, 5.41) is 4.03. The SMILES string of the molecule is CC(C)Cc1noc(CN2CC[C@@H](Oc3ccncc3)C2)n1. The molecule has 0 aliphatic carbocycles. The van der Waals surface area contributed by atoms with Crippen molar-refractivity contribution in [2.75, 3.05) is 13.1 Å². The quantitative estimate of drug-likeness (QED) is 0.816. The van der Waals surface area contributed by atoms with Crippen LogP contribution in [-0.4, -0.2) is 39.2 Å². The highest BCUT2D eigenvalue weighted by atomic mass is 16.5. The number of hydrogen-bond donors (Lipinski definition) is 0. The highest BCUT2D eigenvalue weighted by Gasteiger charge is 2.25. The van der Waals surface area contributed by atoms with Gasteiger partial charge in [0.05, 0.1) is 6.54 Å². The molecular weight excluding hydrogens is 280 g/mol. The second-order valence-corrected chi connectivity index (χ2v) is 6.15. The number of hydrogen-bond acceptors (Lipinski definition) is 6. The van der Waals surface area contributed by atoms with Crippen molar-refractivity contribution in [1.82, 2.24) is 20.0 Å². The lowest BCUT2D eigenvalue weighted by atomic mass is 10.1. The van der Waals surface area contributed by atoms with E-state index < -0.39 is 0 Å².